The maximum Gasteiger partial charge on any atom is 0.410 e. The van der Waals surface area contributed by atoms with Crippen LogP contribution < -0.4 is 4.90 Å². The number of halogens is 1. The Labute approximate surface area is 269 Å². The first-order chi connectivity index (χ1) is 21.5. The average Bonchev–Trinajstić information content (AvgIpc) is 3.43. The lowest BCUT2D eigenvalue weighted by molar-refractivity contribution is -0.145. The van der Waals surface area contributed by atoms with E-state index in [1.54, 1.807) is 4.90 Å². The first-order valence-corrected chi connectivity index (χ1v) is 16.2. The Bertz CT molecular complexity index is 1670. The largest absolute Gasteiger partial charge is 0.444 e. The summed E-state index contributed by atoms with van der Waals surface area (Å²) in [5.41, 5.74) is 2.59. The number of anilines is 1. The van der Waals surface area contributed by atoms with E-state index in [1.165, 1.54) is 0 Å². The number of likely N-dealkylation sites (tertiary alicyclic amines) is 2. The highest BCUT2D eigenvalue weighted by Crippen LogP contribution is 2.48. The van der Waals surface area contributed by atoms with Crippen LogP contribution in [0, 0.1) is 17.2 Å². The molecule has 1 aromatic heterocycles. The van der Waals surface area contributed by atoms with Crippen LogP contribution in [0.3, 0.4) is 0 Å². The third-order valence-electron chi connectivity index (χ3n) is 9.31. The van der Waals surface area contributed by atoms with Gasteiger partial charge in [-0.1, -0.05) is 29.8 Å². The molecule has 0 bridgehead atoms. The summed E-state index contributed by atoms with van der Waals surface area (Å²) in [6.45, 7) is 8.54. The monoisotopic (exact) mass is 629 g/mol. The van der Waals surface area contributed by atoms with Crippen molar-refractivity contribution in [3.05, 3.63) is 64.8 Å². The Balaban J connectivity index is 1.13. The number of carbonyl (C=O) groups is 3. The first-order valence-electron chi connectivity index (χ1n) is 15.8. The van der Waals surface area contributed by atoms with Gasteiger partial charge in [0.15, 0.2) is 0 Å². The van der Waals surface area contributed by atoms with Gasteiger partial charge in [-0.2, -0.15) is 5.26 Å². The first kappa shape index (κ1) is 31.0. The van der Waals surface area contributed by atoms with Crippen molar-refractivity contribution >= 4 is 46.1 Å². The van der Waals surface area contributed by atoms with E-state index >= 15 is 0 Å². The van der Waals surface area contributed by atoms with E-state index < -0.39 is 11.0 Å². The van der Waals surface area contributed by atoms with Crippen molar-refractivity contribution in [2.45, 2.75) is 77.0 Å². The maximum absolute atomic E-state index is 14.2. The van der Waals surface area contributed by atoms with E-state index in [-0.39, 0.29) is 23.8 Å². The number of nitriles is 1. The SMILES string of the molecule is CC(C)(C)OC(=O)N1CCC(CC(=O)N2CC3(C2)C(=O)N(Cc2cc4cc(Cl)ccc4n2CCCC#N)c2ccccc23)CC1. The van der Waals surface area contributed by atoms with Gasteiger partial charge in [-0.15, -0.1) is 0 Å². The van der Waals surface area contributed by atoms with Crippen molar-refractivity contribution in [2.24, 2.45) is 5.92 Å². The van der Waals surface area contributed by atoms with E-state index in [1.807, 2.05) is 73.0 Å². The van der Waals surface area contributed by atoms with Crippen LogP contribution in [-0.4, -0.2) is 64.1 Å². The summed E-state index contributed by atoms with van der Waals surface area (Å²) in [5.74, 6) is 0.284. The molecule has 45 heavy (non-hydrogen) atoms. The van der Waals surface area contributed by atoms with E-state index in [0.29, 0.717) is 63.6 Å². The molecule has 3 aromatic rings. The molecule has 0 unspecified atom stereocenters. The molecule has 0 radical (unpaired) electrons. The second-order valence-electron chi connectivity index (χ2n) is 13.6. The number of hydrogen-bond acceptors (Lipinski definition) is 5. The number of aromatic nitrogens is 1. The lowest BCUT2D eigenvalue weighted by atomic mass is 9.74. The smallest absolute Gasteiger partial charge is 0.410 e. The van der Waals surface area contributed by atoms with E-state index in [9.17, 15) is 14.4 Å². The summed E-state index contributed by atoms with van der Waals surface area (Å²) in [6.07, 6.45) is 2.80. The number of fused-ring (bicyclic) bond motifs is 3. The van der Waals surface area contributed by atoms with Crippen LogP contribution in [0.25, 0.3) is 10.9 Å². The molecule has 2 saturated heterocycles. The average molecular weight is 630 g/mol. The van der Waals surface area contributed by atoms with Crippen LogP contribution >= 0.6 is 11.6 Å². The molecule has 4 heterocycles. The van der Waals surface area contributed by atoms with Crippen LogP contribution in [0.1, 0.15) is 64.1 Å². The molecule has 0 N–H and O–H groups in total. The molecule has 10 heteroatoms. The molecule has 1 spiro atoms. The number of hydrogen-bond donors (Lipinski definition) is 0. The van der Waals surface area contributed by atoms with Gasteiger partial charge < -0.3 is 24.0 Å². The second-order valence-corrected chi connectivity index (χ2v) is 14.0. The van der Waals surface area contributed by atoms with E-state index in [0.717, 1.165) is 40.7 Å². The highest BCUT2D eigenvalue weighted by Gasteiger charge is 2.59. The molecule has 3 amide bonds. The molecule has 3 aliphatic rings. The van der Waals surface area contributed by atoms with Crippen LogP contribution in [0.15, 0.2) is 48.5 Å². The zero-order valence-corrected chi connectivity index (χ0v) is 27.0. The van der Waals surface area contributed by atoms with Crippen molar-refractivity contribution < 1.29 is 19.1 Å². The number of para-hydroxylation sites is 1. The Morgan fingerprint density at radius 2 is 1.80 bits per heavy atom. The van der Waals surface area contributed by atoms with Gasteiger partial charge >= 0.3 is 6.09 Å². The third kappa shape index (κ3) is 6.00. The highest BCUT2D eigenvalue weighted by atomic mass is 35.5. The van der Waals surface area contributed by atoms with Crippen molar-refractivity contribution in [3.8, 4) is 6.07 Å². The molecular formula is C35H40ClN5O4. The molecule has 0 saturated carbocycles. The Morgan fingerprint density at radius 3 is 2.51 bits per heavy atom. The fourth-order valence-corrected chi connectivity index (χ4v) is 7.22. The van der Waals surface area contributed by atoms with Gasteiger partial charge in [-0.05, 0) is 81.8 Å². The Kier molecular flexibility index (Phi) is 8.30. The lowest BCUT2D eigenvalue weighted by Crippen LogP contribution is -2.65. The fraction of sp³-hybridized carbons (Fsp3) is 0.486. The van der Waals surface area contributed by atoms with Crippen molar-refractivity contribution in [3.63, 3.8) is 0 Å². The minimum atomic E-state index is -0.743. The molecule has 9 nitrogen and oxygen atoms in total. The molecule has 0 aliphatic carbocycles. The number of carbonyl (C=O) groups excluding carboxylic acids is 3. The molecular weight excluding hydrogens is 590 g/mol. The van der Waals surface area contributed by atoms with Crippen molar-refractivity contribution in [1.82, 2.24) is 14.4 Å². The second kappa shape index (κ2) is 12.1. The number of amides is 3. The van der Waals surface area contributed by atoms with E-state index in [2.05, 4.69) is 16.7 Å². The van der Waals surface area contributed by atoms with Gasteiger partial charge in [0.1, 0.15) is 11.0 Å². The van der Waals surface area contributed by atoms with Crippen LogP contribution in [0.4, 0.5) is 10.5 Å². The molecule has 2 fully saturated rings. The summed E-state index contributed by atoms with van der Waals surface area (Å²) < 4.78 is 7.69. The Hall–Kier alpha value is -4.03. The summed E-state index contributed by atoms with van der Waals surface area (Å²) in [6, 6.07) is 18.0. The number of piperidine rings is 1. The van der Waals surface area contributed by atoms with Crippen LogP contribution in [0.5, 0.6) is 0 Å². The lowest BCUT2D eigenvalue weighted by Gasteiger charge is -2.47. The molecule has 236 valence electrons. The minimum absolute atomic E-state index is 0.0188. The van der Waals surface area contributed by atoms with Crippen molar-refractivity contribution in [1.29, 1.82) is 5.26 Å². The van der Waals surface area contributed by atoms with Gasteiger partial charge in [0.25, 0.3) is 0 Å². The molecule has 2 aromatic carbocycles. The minimum Gasteiger partial charge on any atom is -0.444 e. The third-order valence-corrected chi connectivity index (χ3v) is 9.54. The number of benzene rings is 2. The zero-order valence-electron chi connectivity index (χ0n) is 26.2. The molecule has 0 atom stereocenters. The normalized spacial score (nSPS) is 17.8. The highest BCUT2D eigenvalue weighted by molar-refractivity contribution is 6.31. The number of rotatable bonds is 7. The van der Waals surface area contributed by atoms with Crippen LogP contribution in [-0.2, 0) is 32.8 Å². The van der Waals surface area contributed by atoms with E-state index in [4.69, 9.17) is 21.6 Å². The fourth-order valence-electron chi connectivity index (χ4n) is 7.04. The van der Waals surface area contributed by atoms with Gasteiger partial charge in [0.05, 0.1) is 12.6 Å². The summed E-state index contributed by atoms with van der Waals surface area (Å²) in [5, 5.41) is 10.8. The summed E-state index contributed by atoms with van der Waals surface area (Å²) in [4.78, 5) is 45.5. The maximum atomic E-state index is 14.2. The van der Waals surface area contributed by atoms with Crippen LogP contribution in [0.2, 0.25) is 5.02 Å². The standard InChI is InChI=1S/C35H40ClN5O4/c1-34(2,3)45-33(44)38-16-12-24(13-17-38)18-31(42)39-22-35(23-39)28-8-4-5-9-30(28)41(32(35)43)21-27-20-25-19-26(36)10-11-29(25)40(27)15-7-6-14-37/h4-5,8-11,19-20,24H,6-7,12-13,15-18,21-23H2,1-3H3. The predicted octanol–water partition coefficient (Wildman–Crippen LogP) is 6.26. The molecule has 3 aliphatic heterocycles. The number of nitrogens with zero attached hydrogens (tertiary/aromatic N) is 5. The zero-order chi connectivity index (χ0) is 31.9. The number of aryl methyl sites for hydroxylation is 1. The van der Waals surface area contributed by atoms with Gasteiger partial charge in [-0.3, -0.25) is 9.59 Å². The topological polar surface area (TPSA) is 98.9 Å². The quantitative estimate of drug-likeness (QED) is 0.287. The van der Waals surface area contributed by atoms with Gasteiger partial charge in [0.2, 0.25) is 11.8 Å². The number of unbranched alkanes of at least 4 members (excludes halogenated alkanes) is 1. The molecule has 6 rings (SSSR count). The predicted molar refractivity (Wildman–Crippen MR) is 173 cm³/mol. The summed E-state index contributed by atoms with van der Waals surface area (Å²) in [7, 11) is 0. The Morgan fingerprint density at radius 1 is 1.07 bits per heavy atom. The van der Waals surface area contributed by atoms with Crippen molar-refractivity contribution in [2.75, 3.05) is 31.1 Å². The summed E-state index contributed by atoms with van der Waals surface area (Å²) >= 11 is 6.30. The van der Waals surface area contributed by atoms with Gasteiger partial charge in [-0.25, -0.2) is 4.79 Å². The van der Waals surface area contributed by atoms with Gasteiger partial charge in [0, 0.05) is 72.9 Å². The number of ether oxygens (including phenoxy) is 1.